The van der Waals surface area contributed by atoms with Crippen LogP contribution in [0.5, 0.6) is 11.6 Å². The molecule has 0 fully saturated rings. The van der Waals surface area contributed by atoms with Crippen molar-refractivity contribution in [1.82, 2.24) is 15.2 Å². The third-order valence-corrected chi connectivity index (χ3v) is 2.80. The number of hydrogen-bond acceptors (Lipinski definition) is 4. The van der Waals surface area contributed by atoms with Crippen molar-refractivity contribution in [2.75, 3.05) is 0 Å². The van der Waals surface area contributed by atoms with E-state index in [1.54, 1.807) is 0 Å². The average Bonchev–Trinajstić information content (AvgIpc) is 2.51. The summed E-state index contributed by atoms with van der Waals surface area (Å²) in [5.74, 6) is 1.77. The molecule has 0 saturated heterocycles. The maximum Gasteiger partial charge on any atom is 0.244 e. The Morgan fingerprint density at radius 1 is 0.800 bits per heavy atom. The van der Waals surface area contributed by atoms with Gasteiger partial charge in [-0.15, -0.1) is 10.2 Å². The normalized spacial score (nSPS) is 10.2. The van der Waals surface area contributed by atoms with Crippen LogP contribution in [0.15, 0.2) is 60.7 Å². The predicted octanol–water partition coefficient (Wildman–Crippen LogP) is 3.64. The molecule has 20 heavy (non-hydrogen) atoms. The number of hydrogen-bond donors (Lipinski definition) is 0. The molecule has 0 aliphatic rings. The molecule has 0 spiro atoms. The summed E-state index contributed by atoms with van der Waals surface area (Å²) in [5, 5.41) is 8.22. The molecule has 4 heteroatoms. The van der Waals surface area contributed by atoms with Crippen molar-refractivity contribution in [2.45, 2.75) is 6.92 Å². The highest BCUT2D eigenvalue weighted by Crippen LogP contribution is 2.23. The summed E-state index contributed by atoms with van der Waals surface area (Å²) >= 11 is 0. The number of rotatable bonds is 3. The highest BCUT2D eigenvalue weighted by atomic mass is 16.5. The number of benzene rings is 2. The molecule has 0 atom stereocenters. The molecule has 1 heterocycles. The molecule has 0 saturated carbocycles. The zero-order chi connectivity index (χ0) is 13.8. The molecular formula is C16H13N3O. The lowest BCUT2D eigenvalue weighted by Crippen LogP contribution is -1.99. The standard InChI is InChI=1S/C16H13N3O/c1-12-16(20-14-10-6-3-7-11-14)17-15(19-18-12)13-8-4-2-5-9-13/h2-11H,1H3. The van der Waals surface area contributed by atoms with E-state index >= 15 is 0 Å². The number of para-hydroxylation sites is 1. The predicted molar refractivity (Wildman–Crippen MR) is 76.5 cm³/mol. The fourth-order valence-electron chi connectivity index (χ4n) is 1.77. The summed E-state index contributed by atoms with van der Waals surface area (Å²) in [7, 11) is 0. The largest absolute Gasteiger partial charge is 0.437 e. The van der Waals surface area contributed by atoms with E-state index in [0.717, 1.165) is 11.3 Å². The lowest BCUT2D eigenvalue weighted by Gasteiger charge is -2.07. The van der Waals surface area contributed by atoms with Crippen LogP contribution in [0.4, 0.5) is 0 Å². The molecule has 3 aromatic rings. The van der Waals surface area contributed by atoms with Crippen LogP contribution < -0.4 is 4.74 Å². The van der Waals surface area contributed by atoms with Crippen LogP contribution >= 0.6 is 0 Å². The van der Waals surface area contributed by atoms with Crippen molar-refractivity contribution in [3.63, 3.8) is 0 Å². The van der Waals surface area contributed by atoms with E-state index in [1.807, 2.05) is 67.6 Å². The summed E-state index contributed by atoms with van der Waals surface area (Å²) in [5.41, 5.74) is 1.58. The Bertz CT molecular complexity index is 699. The second-order valence-electron chi connectivity index (χ2n) is 4.31. The van der Waals surface area contributed by atoms with Gasteiger partial charge in [0.1, 0.15) is 11.4 Å². The highest BCUT2D eigenvalue weighted by molar-refractivity contribution is 5.54. The minimum absolute atomic E-state index is 0.477. The van der Waals surface area contributed by atoms with Gasteiger partial charge in [0.05, 0.1) is 0 Å². The second-order valence-corrected chi connectivity index (χ2v) is 4.31. The lowest BCUT2D eigenvalue weighted by atomic mass is 10.2. The van der Waals surface area contributed by atoms with Crippen LogP contribution in [-0.4, -0.2) is 15.2 Å². The third-order valence-electron chi connectivity index (χ3n) is 2.80. The van der Waals surface area contributed by atoms with E-state index in [0.29, 0.717) is 17.4 Å². The molecule has 0 aliphatic carbocycles. The number of aryl methyl sites for hydroxylation is 1. The SMILES string of the molecule is Cc1nnc(-c2ccccc2)nc1Oc1ccccc1. The van der Waals surface area contributed by atoms with E-state index in [2.05, 4.69) is 15.2 Å². The minimum Gasteiger partial charge on any atom is -0.437 e. The zero-order valence-electron chi connectivity index (χ0n) is 11.0. The first-order valence-corrected chi connectivity index (χ1v) is 6.32. The quantitative estimate of drug-likeness (QED) is 0.723. The van der Waals surface area contributed by atoms with E-state index in [4.69, 9.17) is 4.74 Å². The van der Waals surface area contributed by atoms with E-state index in [1.165, 1.54) is 0 Å². The Labute approximate surface area is 117 Å². The first-order valence-electron chi connectivity index (χ1n) is 6.32. The van der Waals surface area contributed by atoms with Crippen LogP contribution in [0.3, 0.4) is 0 Å². The molecule has 0 bridgehead atoms. The molecule has 2 aromatic carbocycles. The summed E-state index contributed by atoms with van der Waals surface area (Å²) in [6.45, 7) is 1.83. The highest BCUT2D eigenvalue weighted by Gasteiger charge is 2.09. The monoisotopic (exact) mass is 263 g/mol. The van der Waals surface area contributed by atoms with Crippen molar-refractivity contribution in [3.8, 4) is 23.0 Å². The molecule has 98 valence electrons. The van der Waals surface area contributed by atoms with E-state index in [9.17, 15) is 0 Å². The van der Waals surface area contributed by atoms with Crippen molar-refractivity contribution in [1.29, 1.82) is 0 Å². The molecule has 4 nitrogen and oxygen atoms in total. The summed E-state index contributed by atoms with van der Waals surface area (Å²) < 4.78 is 5.76. The van der Waals surface area contributed by atoms with Gasteiger partial charge in [-0.25, -0.2) is 0 Å². The van der Waals surface area contributed by atoms with Gasteiger partial charge < -0.3 is 4.74 Å². The fraction of sp³-hybridized carbons (Fsp3) is 0.0625. The molecule has 0 amide bonds. The maximum absolute atomic E-state index is 5.76. The number of ether oxygens (including phenoxy) is 1. The van der Waals surface area contributed by atoms with Gasteiger partial charge in [-0.3, -0.25) is 0 Å². The van der Waals surface area contributed by atoms with Crippen LogP contribution in [-0.2, 0) is 0 Å². The molecular weight excluding hydrogens is 250 g/mol. The Kier molecular flexibility index (Phi) is 3.37. The van der Waals surface area contributed by atoms with Crippen LogP contribution in [0.2, 0.25) is 0 Å². The first-order chi connectivity index (χ1) is 9.83. The van der Waals surface area contributed by atoms with Gasteiger partial charge in [-0.2, -0.15) is 4.98 Å². The molecule has 3 rings (SSSR count). The van der Waals surface area contributed by atoms with Crippen molar-refractivity contribution in [3.05, 3.63) is 66.4 Å². The van der Waals surface area contributed by atoms with Crippen molar-refractivity contribution in [2.24, 2.45) is 0 Å². The number of nitrogens with zero attached hydrogens (tertiary/aromatic N) is 3. The van der Waals surface area contributed by atoms with E-state index in [-0.39, 0.29) is 0 Å². The second kappa shape index (κ2) is 5.48. The third kappa shape index (κ3) is 2.64. The maximum atomic E-state index is 5.76. The van der Waals surface area contributed by atoms with Crippen LogP contribution in [0.1, 0.15) is 5.69 Å². The summed E-state index contributed by atoms with van der Waals surface area (Å²) in [6, 6.07) is 19.2. The molecule has 0 unspecified atom stereocenters. The molecule has 0 radical (unpaired) electrons. The topological polar surface area (TPSA) is 47.9 Å². The Hall–Kier alpha value is -2.75. The first kappa shape index (κ1) is 12.3. The van der Waals surface area contributed by atoms with Gasteiger partial charge in [-0.05, 0) is 19.1 Å². The Morgan fingerprint density at radius 2 is 1.45 bits per heavy atom. The van der Waals surface area contributed by atoms with E-state index < -0.39 is 0 Å². The van der Waals surface area contributed by atoms with Gasteiger partial charge in [0.15, 0.2) is 5.82 Å². The van der Waals surface area contributed by atoms with Crippen LogP contribution in [0.25, 0.3) is 11.4 Å². The molecule has 1 aromatic heterocycles. The molecule has 0 aliphatic heterocycles. The van der Waals surface area contributed by atoms with Gasteiger partial charge in [0.25, 0.3) is 0 Å². The fourth-order valence-corrected chi connectivity index (χ4v) is 1.77. The van der Waals surface area contributed by atoms with Crippen molar-refractivity contribution < 1.29 is 4.74 Å². The Balaban J connectivity index is 1.95. The minimum atomic E-state index is 0.477. The number of aromatic nitrogens is 3. The van der Waals surface area contributed by atoms with Crippen LogP contribution in [0, 0.1) is 6.92 Å². The van der Waals surface area contributed by atoms with Gasteiger partial charge in [0, 0.05) is 5.56 Å². The Morgan fingerprint density at radius 3 is 2.15 bits per heavy atom. The molecule has 0 N–H and O–H groups in total. The average molecular weight is 263 g/mol. The summed E-state index contributed by atoms with van der Waals surface area (Å²) in [4.78, 5) is 4.44. The van der Waals surface area contributed by atoms with Crippen molar-refractivity contribution >= 4 is 0 Å². The van der Waals surface area contributed by atoms with Gasteiger partial charge in [-0.1, -0.05) is 48.5 Å². The lowest BCUT2D eigenvalue weighted by molar-refractivity contribution is 0.452. The van der Waals surface area contributed by atoms with Gasteiger partial charge >= 0.3 is 0 Å². The zero-order valence-corrected chi connectivity index (χ0v) is 11.0. The van der Waals surface area contributed by atoms with Gasteiger partial charge in [0.2, 0.25) is 5.88 Å². The smallest absolute Gasteiger partial charge is 0.244 e. The summed E-state index contributed by atoms with van der Waals surface area (Å²) in [6.07, 6.45) is 0.